The van der Waals surface area contributed by atoms with E-state index in [9.17, 15) is 4.79 Å². The zero-order valence-electron chi connectivity index (χ0n) is 13.8. The van der Waals surface area contributed by atoms with Gasteiger partial charge in [-0.2, -0.15) is 4.98 Å². The molecule has 1 aliphatic rings. The molecule has 1 saturated carbocycles. The Morgan fingerprint density at radius 1 is 1.25 bits per heavy atom. The van der Waals surface area contributed by atoms with Crippen LogP contribution >= 0.6 is 0 Å². The molecule has 1 aromatic heterocycles. The van der Waals surface area contributed by atoms with Gasteiger partial charge in [-0.3, -0.25) is 0 Å². The Balaban J connectivity index is 1.82. The van der Waals surface area contributed by atoms with Crippen LogP contribution in [0, 0.1) is 0 Å². The lowest BCUT2D eigenvalue weighted by Crippen LogP contribution is -2.09. The summed E-state index contributed by atoms with van der Waals surface area (Å²) in [6.45, 7) is 0.291. The van der Waals surface area contributed by atoms with Gasteiger partial charge in [-0.25, -0.2) is 4.79 Å². The van der Waals surface area contributed by atoms with Gasteiger partial charge < -0.3 is 24.1 Å². The Morgan fingerprint density at radius 3 is 2.58 bits per heavy atom. The van der Waals surface area contributed by atoms with Crippen LogP contribution in [0.4, 0.5) is 5.69 Å². The fourth-order valence-electron chi connectivity index (χ4n) is 2.32. The molecule has 2 aromatic rings. The van der Waals surface area contributed by atoms with Crippen LogP contribution in [-0.4, -0.2) is 37.4 Å². The molecule has 1 heterocycles. The predicted octanol–water partition coefficient (Wildman–Crippen LogP) is 2.36. The third-order valence-corrected chi connectivity index (χ3v) is 3.79. The van der Waals surface area contributed by atoms with Gasteiger partial charge in [-0.15, -0.1) is 0 Å². The minimum atomic E-state index is -0.484. The first-order chi connectivity index (χ1) is 11.7. The lowest BCUT2D eigenvalue weighted by molar-refractivity contribution is 0.0601. The van der Waals surface area contributed by atoms with E-state index in [4.69, 9.17) is 18.7 Å². The topological polar surface area (TPSA) is 95.7 Å². The molecule has 8 nitrogen and oxygen atoms in total. The maximum Gasteiger partial charge on any atom is 0.340 e. The number of hydrogen-bond acceptors (Lipinski definition) is 8. The van der Waals surface area contributed by atoms with Crippen molar-refractivity contribution in [2.75, 3.05) is 26.6 Å². The number of aromatic nitrogens is 2. The van der Waals surface area contributed by atoms with E-state index in [2.05, 4.69) is 15.5 Å². The number of benzene rings is 1. The average molecular weight is 333 g/mol. The molecule has 8 heteroatoms. The van der Waals surface area contributed by atoms with Crippen LogP contribution < -0.4 is 14.8 Å². The van der Waals surface area contributed by atoms with Crippen molar-refractivity contribution in [3.05, 3.63) is 29.4 Å². The molecule has 24 heavy (non-hydrogen) atoms. The first kappa shape index (κ1) is 16.1. The van der Waals surface area contributed by atoms with Crippen molar-refractivity contribution in [2.24, 2.45) is 0 Å². The summed E-state index contributed by atoms with van der Waals surface area (Å²) >= 11 is 0. The molecular weight excluding hydrogens is 314 g/mol. The standard InChI is InChI=1S/C16H19N3O5/c1-21-12-6-10(16(20)23-3)11(7-13(12)22-2)17-8-14-18-15(19-24-14)9-4-5-9/h6-7,9,17H,4-5,8H2,1-3H3. The molecule has 0 atom stereocenters. The fraction of sp³-hybridized carbons (Fsp3) is 0.438. The molecule has 1 N–H and O–H groups in total. The van der Waals surface area contributed by atoms with Gasteiger partial charge in [-0.1, -0.05) is 5.16 Å². The van der Waals surface area contributed by atoms with E-state index in [0.29, 0.717) is 41.1 Å². The lowest BCUT2D eigenvalue weighted by Gasteiger charge is -2.14. The molecule has 0 saturated heterocycles. The molecule has 128 valence electrons. The first-order valence-electron chi connectivity index (χ1n) is 7.57. The highest BCUT2D eigenvalue weighted by atomic mass is 16.5. The van der Waals surface area contributed by atoms with Crippen molar-refractivity contribution in [2.45, 2.75) is 25.3 Å². The van der Waals surface area contributed by atoms with Crippen molar-refractivity contribution in [1.29, 1.82) is 0 Å². The number of carbonyl (C=O) groups is 1. The highest BCUT2D eigenvalue weighted by Gasteiger charge is 2.28. The Labute approximate surface area is 139 Å². The second-order valence-electron chi connectivity index (χ2n) is 5.42. The highest BCUT2D eigenvalue weighted by Crippen LogP contribution is 2.38. The van der Waals surface area contributed by atoms with Crippen LogP contribution in [0.2, 0.25) is 0 Å². The van der Waals surface area contributed by atoms with Crippen molar-refractivity contribution >= 4 is 11.7 Å². The van der Waals surface area contributed by atoms with Gasteiger partial charge in [-0.05, 0) is 12.8 Å². The summed E-state index contributed by atoms with van der Waals surface area (Å²) < 4.78 is 20.5. The third-order valence-electron chi connectivity index (χ3n) is 3.79. The van der Waals surface area contributed by atoms with E-state index >= 15 is 0 Å². The van der Waals surface area contributed by atoms with E-state index in [1.165, 1.54) is 21.3 Å². The van der Waals surface area contributed by atoms with E-state index in [-0.39, 0.29) is 0 Å². The van der Waals surface area contributed by atoms with E-state index in [0.717, 1.165) is 18.7 Å². The predicted molar refractivity (Wildman–Crippen MR) is 84.5 cm³/mol. The Bertz CT molecular complexity index is 739. The molecule has 0 unspecified atom stereocenters. The molecule has 3 rings (SSSR count). The smallest absolute Gasteiger partial charge is 0.340 e. The van der Waals surface area contributed by atoms with Crippen molar-refractivity contribution < 1.29 is 23.5 Å². The van der Waals surface area contributed by atoms with Gasteiger partial charge in [0.15, 0.2) is 17.3 Å². The highest BCUT2D eigenvalue weighted by molar-refractivity contribution is 5.96. The Morgan fingerprint density at radius 2 is 1.96 bits per heavy atom. The number of hydrogen-bond donors (Lipinski definition) is 1. The molecular formula is C16H19N3O5. The number of methoxy groups -OCH3 is 3. The van der Waals surface area contributed by atoms with Crippen LogP contribution in [0.25, 0.3) is 0 Å². The molecule has 0 bridgehead atoms. The van der Waals surface area contributed by atoms with E-state index < -0.39 is 5.97 Å². The number of rotatable bonds is 7. The summed E-state index contributed by atoms with van der Waals surface area (Å²) in [5, 5.41) is 7.07. The fourth-order valence-corrected chi connectivity index (χ4v) is 2.32. The summed E-state index contributed by atoms with van der Waals surface area (Å²) in [4.78, 5) is 16.4. The van der Waals surface area contributed by atoms with Crippen LogP contribution in [0.3, 0.4) is 0 Å². The zero-order chi connectivity index (χ0) is 17.1. The summed E-state index contributed by atoms with van der Waals surface area (Å²) in [5.74, 6) is 2.08. The van der Waals surface area contributed by atoms with Crippen molar-refractivity contribution in [3.63, 3.8) is 0 Å². The molecule has 0 spiro atoms. The lowest BCUT2D eigenvalue weighted by atomic mass is 10.1. The van der Waals surface area contributed by atoms with Crippen molar-refractivity contribution in [1.82, 2.24) is 10.1 Å². The Kier molecular flexibility index (Phi) is 4.54. The summed E-state index contributed by atoms with van der Waals surface area (Å²) in [6, 6.07) is 3.24. The molecule has 0 aliphatic heterocycles. The van der Waals surface area contributed by atoms with Gasteiger partial charge >= 0.3 is 5.97 Å². The SMILES string of the molecule is COC(=O)c1cc(OC)c(OC)cc1NCc1nc(C2CC2)no1. The number of anilines is 1. The van der Waals surface area contributed by atoms with E-state index in [1.54, 1.807) is 12.1 Å². The van der Waals surface area contributed by atoms with Gasteiger partial charge in [0.1, 0.15) is 0 Å². The van der Waals surface area contributed by atoms with Gasteiger partial charge in [0.2, 0.25) is 5.89 Å². The van der Waals surface area contributed by atoms with Gasteiger partial charge in [0, 0.05) is 18.1 Å². The van der Waals surface area contributed by atoms with Crippen LogP contribution in [-0.2, 0) is 11.3 Å². The van der Waals surface area contributed by atoms with Crippen LogP contribution in [0.1, 0.15) is 40.8 Å². The number of ether oxygens (including phenoxy) is 3. The largest absolute Gasteiger partial charge is 0.493 e. The molecule has 1 aromatic carbocycles. The summed E-state index contributed by atoms with van der Waals surface area (Å²) in [7, 11) is 4.35. The van der Waals surface area contributed by atoms with Crippen LogP contribution in [0.15, 0.2) is 16.7 Å². The molecule has 0 radical (unpaired) electrons. The third kappa shape index (κ3) is 3.27. The minimum absolute atomic E-state index is 0.291. The maximum atomic E-state index is 12.0. The van der Waals surface area contributed by atoms with E-state index in [1.807, 2.05) is 0 Å². The zero-order valence-corrected chi connectivity index (χ0v) is 13.8. The van der Waals surface area contributed by atoms with Gasteiger partial charge in [0.05, 0.1) is 39.1 Å². The second-order valence-corrected chi connectivity index (χ2v) is 5.42. The molecule has 1 fully saturated rings. The summed E-state index contributed by atoms with van der Waals surface area (Å²) in [6.07, 6.45) is 2.21. The number of carbonyl (C=O) groups excluding carboxylic acids is 1. The van der Waals surface area contributed by atoms with Gasteiger partial charge in [0.25, 0.3) is 0 Å². The molecule has 0 amide bonds. The maximum absolute atomic E-state index is 12.0. The molecule has 1 aliphatic carbocycles. The number of esters is 1. The summed E-state index contributed by atoms with van der Waals surface area (Å²) in [5.41, 5.74) is 0.864. The number of nitrogens with one attached hydrogen (secondary N) is 1. The first-order valence-corrected chi connectivity index (χ1v) is 7.57. The minimum Gasteiger partial charge on any atom is -0.493 e. The second kappa shape index (κ2) is 6.77. The monoisotopic (exact) mass is 333 g/mol. The van der Waals surface area contributed by atoms with Crippen molar-refractivity contribution in [3.8, 4) is 11.5 Å². The quantitative estimate of drug-likeness (QED) is 0.772. The van der Waals surface area contributed by atoms with Crippen LogP contribution in [0.5, 0.6) is 11.5 Å². The average Bonchev–Trinajstić information content (AvgIpc) is 3.36. The Hall–Kier alpha value is -2.77. The number of nitrogens with zero attached hydrogens (tertiary/aromatic N) is 2. The normalized spacial score (nSPS) is 13.5.